The van der Waals surface area contributed by atoms with Gasteiger partial charge in [-0.1, -0.05) is 20.8 Å². The maximum absolute atomic E-state index is 12.0. The van der Waals surface area contributed by atoms with Gasteiger partial charge < -0.3 is 19.4 Å². The van der Waals surface area contributed by atoms with E-state index in [1.54, 1.807) is 20.8 Å². The molecule has 0 aromatic rings. The van der Waals surface area contributed by atoms with Crippen molar-refractivity contribution in [2.75, 3.05) is 13.2 Å². The lowest BCUT2D eigenvalue weighted by atomic mass is 10.1. The van der Waals surface area contributed by atoms with Crippen LogP contribution in [0.1, 0.15) is 41.5 Å². The number of aliphatic hydroxyl groups excluding tert-OH is 1. The Bertz CT molecular complexity index is 340. The predicted octanol–water partition coefficient (Wildman–Crippen LogP) is 2.07. The number of carbonyl (C=O) groups is 1. The SMILES string of the molecule is CC(C)(C)OC(=O)C(O)(CO)CO[Si](C)(C)C(C)(C)C. The second-order valence-electron chi connectivity index (χ2n) is 7.74. The molecule has 5 nitrogen and oxygen atoms in total. The van der Waals surface area contributed by atoms with Crippen LogP contribution in [-0.2, 0) is 14.0 Å². The van der Waals surface area contributed by atoms with Gasteiger partial charge in [-0.15, -0.1) is 0 Å². The Morgan fingerprint density at radius 3 is 1.85 bits per heavy atom. The van der Waals surface area contributed by atoms with E-state index in [1.807, 2.05) is 13.1 Å². The van der Waals surface area contributed by atoms with E-state index in [0.29, 0.717) is 0 Å². The molecule has 0 aromatic carbocycles. The van der Waals surface area contributed by atoms with E-state index in [1.165, 1.54) is 0 Å². The maximum atomic E-state index is 12.0. The third-order valence-electron chi connectivity index (χ3n) is 3.52. The molecule has 1 unspecified atom stereocenters. The fraction of sp³-hybridized carbons (Fsp3) is 0.929. The Kier molecular flexibility index (Phi) is 6.00. The number of carbonyl (C=O) groups excluding carboxylic acids is 1. The summed E-state index contributed by atoms with van der Waals surface area (Å²) in [7, 11) is -2.11. The Morgan fingerprint density at radius 2 is 1.55 bits per heavy atom. The number of esters is 1. The highest BCUT2D eigenvalue weighted by Gasteiger charge is 2.44. The van der Waals surface area contributed by atoms with Gasteiger partial charge in [0.05, 0.1) is 13.2 Å². The van der Waals surface area contributed by atoms with Gasteiger partial charge in [0, 0.05) is 0 Å². The number of hydrogen-bond acceptors (Lipinski definition) is 5. The van der Waals surface area contributed by atoms with Crippen molar-refractivity contribution < 1.29 is 24.2 Å². The van der Waals surface area contributed by atoms with Gasteiger partial charge in [-0.3, -0.25) is 0 Å². The minimum absolute atomic E-state index is 0.0443. The van der Waals surface area contributed by atoms with E-state index in [-0.39, 0.29) is 11.6 Å². The summed E-state index contributed by atoms with van der Waals surface area (Å²) in [6.07, 6.45) is 0. The molecule has 2 N–H and O–H groups in total. The first-order valence-corrected chi connectivity index (χ1v) is 9.76. The van der Waals surface area contributed by atoms with Gasteiger partial charge in [0.15, 0.2) is 8.32 Å². The molecule has 0 aliphatic heterocycles. The monoisotopic (exact) mass is 306 g/mol. The molecule has 120 valence electrons. The van der Waals surface area contributed by atoms with E-state index in [2.05, 4.69) is 20.8 Å². The second-order valence-corrected chi connectivity index (χ2v) is 12.5. The molecule has 0 rings (SSSR count). The molecule has 0 amide bonds. The van der Waals surface area contributed by atoms with Crippen LogP contribution in [0.3, 0.4) is 0 Å². The molecule has 0 saturated heterocycles. The highest BCUT2D eigenvalue weighted by Crippen LogP contribution is 2.37. The summed E-state index contributed by atoms with van der Waals surface area (Å²) in [5, 5.41) is 19.5. The van der Waals surface area contributed by atoms with Crippen molar-refractivity contribution in [3.8, 4) is 0 Å². The average molecular weight is 306 g/mol. The first-order chi connectivity index (χ1) is 8.65. The van der Waals surface area contributed by atoms with Crippen LogP contribution in [0, 0.1) is 0 Å². The van der Waals surface area contributed by atoms with Crippen molar-refractivity contribution in [3.63, 3.8) is 0 Å². The molecular weight excluding hydrogens is 276 g/mol. The van der Waals surface area contributed by atoms with Gasteiger partial charge in [0.1, 0.15) is 5.60 Å². The van der Waals surface area contributed by atoms with Crippen LogP contribution >= 0.6 is 0 Å². The van der Waals surface area contributed by atoms with Crippen LogP contribution in [0.5, 0.6) is 0 Å². The van der Waals surface area contributed by atoms with Crippen LogP contribution in [0.15, 0.2) is 0 Å². The number of hydrogen-bond donors (Lipinski definition) is 2. The Hall–Kier alpha value is -0.433. The van der Waals surface area contributed by atoms with E-state index in [0.717, 1.165) is 0 Å². The van der Waals surface area contributed by atoms with Gasteiger partial charge in [-0.2, -0.15) is 0 Å². The standard InChI is InChI=1S/C14H30O5Si/c1-12(2,3)19-11(16)14(17,9-15)10-18-20(7,8)13(4,5)6/h15,17H,9-10H2,1-8H3. The highest BCUT2D eigenvalue weighted by molar-refractivity contribution is 6.74. The zero-order chi connectivity index (χ0) is 16.4. The van der Waals surface area contributed by atoms with Crippen LogP contribution in [0.25, 0.3) is 0 Å². The fourth-order valence-corrected chi connectivity index (χ4v) is 2.09. The molecule has 0 fully saturated rings. The molecule has 0 heterocycles. The number of aliphatic hydroxyl groups is 2. The van der Waals surface area contributed by atoms with E-state index in [9.17, 15) is 15.0 Å². The van der Waals surface area contributed by atoms with E-state index in [4.69, 9.17) is 9.16 Å². The molecule has 0 aliphatic rings. The second kappa shape index (κ2) is 6.13. The minimum atomic E-state index is -2.11. The summed E-state index contributed by atoms with van der Waals surface area (Å²) < 4.78 is 10.9. The van der Waals surface area contributed by atoms with Crippen molar-refractivity contribution in [1.29, 1.82) is 0 Å². The molecule has 0 spiro atoms. The normalized spacial score (nSPS) is 16.7. The highest BCUT2D eigenvalue weighted by atomic mass is 28.4. The molecule has 1 atom stereocenters. The Morgan fingerprint density at radius 1 is 1.10 bits per heavy atom. The summed E-state index contributed by atoms with van der Waals surface area (Å²) in [4.78, 5) is 12.0. The first-order valence-electron chi connectivity index (χ1n) is 6.85. The van der Waals surface area contributed by atoms with Crippen LogP contribution in [0.4, 0.5) is 0 Å². The van der Waals surface area contributed by atoms with Crippen LogP contribution < -0.4 is 0 Å². The summed E-state index contributed by atoms with van der Waals surface area (Å²) in [5.41, 5.74) is -2.74. The molecule has 0 radical (unpaired) electrons. The summed E-state index contributed by atoms with van der Waals surface area (Å²) >= 11 is 0. The Balaban J connectivity index is 4.89. The minimum Gasteiger partial charge on any atom is -0.458 e. The molecular formula is C14H30O5Si. The third-order valence-corrected chi connectivity index (χ3v) is 8.00. The average Bonchev–Trinajstić information content (AvgIpc) is 2.22. The summed E-state index contributed by atoms with van der Waals surface area (Å²) in [6, 6.07) is 0. The third kappa shape index (κ3) is 5.52. The lowest BCUT2D eigenvalue weighted by Gasteiger charge is -2.38. The molecule has 0 bridgehead atoms. The molecule has 0 aliphatic carbocycles. The van der Waals surface area contributed by atoms with Crippen LogP contribution in [0.2, 0.25) is 18.1 Å². The van der Waals surface area contributed by atoms with E-state index >= 15 is 0 Å². The number of ether oxygens (including phenoxy) is 1. The van der Waals surface area contributed by atoms with Crippen LogP contribution in [-0.4, -0.2) is 48.9 Å². The summed E-state index contributed by atoms with van der Waals surface area (Å²) in [5.74, 6) is -0.855. The van der Waals surface area contributed by atoms with Crippen molar-refractivity contribution in [2.45, 2.75) is 70.9 Å². The van der Waals surface area contributed by atoms with Gasteiger partial charge >= 0.3 is 5.97 Å². The zero-order valence-corrected chi connectivity index (χ0v) is 15.0. The smallest absolute Gasteiger partial charge is 0.343 e. The topological polar surface area (TPSA) is 76.0 Å². The van der Waals surface area contributed by atoms with Crippen molar-refractivity contribution in [3.05, 3.63) is 0 Å². The van der Waals surface area contributed by atoms with Crippen molar-refractivity contribution in [1.82, 2.24) is 0 Å². The Labute approximate surface area is 123 Å². The predicted molar refractivity (Wildman–Crippen MR) is 81.0 cm³/mol. The van der Waals surface area contributed by atoms with Gasteiger partial charge in [-0.05, 0) is 38.9 Å². The number of rotatable bonds is 5. The zero-order valence-electron chi connectivity index (χ0n) is 14.0. The first kappa shape index (κ1) is 19.6. The van der Waals surface area contributed by atoms with Gasteiger partial charge in [-0.25, -0.2) is 4.79 Å². The maximum Gasteiger partial charge on any atom is 0.343 e. The largest absolute Gasteiger partial charge is 0.458 e. The molecule has 0 aromatic heterocycles. The van der Waals surface area contributed by atoms with Crippen molar-refractivity contribution in [2.24, 2.45) is 0 Å². The van der Waals surface area contributed by atoms with Crippen molar-refractivity contribution >= 4 is 14.3 Å². The van der Waals surface area contributed by atoms with Gasteiger partial charge in [0.2, 0.25) is 5.60 Å². The molecule has 6 heteroatoms. The lowest BCUT2D eigenvalue weighted by molar-refractivity contribution is -0.185. The molecule has 0 saturated carbocycles. The quantitative estimate of drug-likeness (QED) is 0.601. The summed E-state index contributed by atoms with van der Waals surface area (Å²) in [6.45, 7) is 14.3. The van der Waals surface area contributed by atoms with Gasteiger partial charge in [0.25, 0.3) is 0 Å². The molecule has 20 heavy (non-hydrogen) atoms. The lowest BCUT2D eigenvalue weighted by Crippen LogP contribution is -2.53. The van der Waals surface area contributed by atoms with E-state index < -0.39 is 32.1 Å². The fourth-order valence-electron chi connectivity index (χ4n) is 1.06.